The molecule has 2 rings (SSSR count). The van der Waals surface area contributed by atoms with E-state index in [9.17, 15) is 4.79 Å². The lowest BCUT2D eigenvalue weighted by atomic mass is 10.2. The molecule has 1 aromatic rings. The fourth-order valence-corrected chi connectivity index (χ4v) is 3.06. The van der Waals surface area contributed by atoms with E-state index in [4.69, 9.17) is 9.47 Å². The first kappa shape index (κ1) is 13.1. The number of rotatable bonds is 4. The van der Waals surface area contributed by atoms with E-state index < -0.39 is 0 Å². The lowest BCUT2D eigenvalue weighted by Gasteiger charge is -2.13. The first-order valence-corrected chi connectivity index (χ1v) is 6.94. The van der Waals surface area contributed by atoms with Gasteiger partial charge in [0.15, 0.2) is 0 Å². The first-order chi connectivity index (χ1) is 8.74. The molecule has 0 saturated carbocycles. The van der Waals surface area contributed by atoms with E-state index >= 15 is 0 Å². The number of carbonyl (C=O) groups excluding carboxylic acids is 1. The monoisotopic (exact) mass is 267 g/mol. The average molecular weight is 267 g/mol. The Hall–Kier alpha value is -1.36. The Labute approximate surface area is 111 Å². The summed E-state index contributed by atoms with van der Waals surface area (Å²) in [5, 5.41) is 2.98. The summed E-state index contributed by atoms with van der Waals surface area (Å²) in [6.45, 7) is 0. The van der Waals surface area contributed by atoms with Crippen molar-refractivity contribution in [2.45, 2.75) is 18.1 Å². The number of hydrogen-bond donors (Lipinski definition) is 1. The molecule has 1 fully saturated rings. The molecule has 0 spiro atoms. The fourth-order valence-electron chi connectivity index (χ4n) is 1.90. The molecule has 1 N–H and O–H groups in total. The molecule has 0 aliphatic carbocycles. The molecular formula is C13H17NO3S. The summed E-state index contributed by atoms with van der Waals surface area (Å²) in [5.41, 5.74) is 0.691. The molecular weight excluding hydrogens is 250 g/mol. The minimum absolute atomic E-state index is 0.0565. The lowest BCUT2D eigenvalue weighted by Crippen LogP contribution is -2.23. The van der Waals surface area contributed by atoms with Gasteiger partial charge in [0, 0.05) is 6.07 Å². The highest BCUT2D eigenvalue weighted by Gasteiger charge is 2.24. The number of ether oxygens (including phenoxy) is 2. The van der Waals surface area contributed by atoms with E-state index in [-0.39, 0.29) is 11.2 Å². The highest BCUT2D eigenvalue weighted by molar-refractivity contribution is 8.00. The average Bonchev–Trinajstić information content (AvgIpc) is 2.93. The molecule has 18 heavy (non-hydrogen) atoms. The van der Waals surface area contributed by atoms with Crippen LogP contribution in [0.15, 0.2) is 18.2 Å². The van der Waals surface area contributed by atoms with Crippen LogP contribution >= 0.6 is 11.8 Å². The Kier molecular flexibility index (Phi) is 4.36. The van der Waals surface area contributed by atoms with Crippen LogP contribution in [0, 0.1) is 0 Å². The van der Waals surface area contributed by atoms with Gasteiger partial charge in [0.05, 0.1) is 25.2 Å². The third kappa shape index (κ3) is 2.90. The van der Waals surface area contributed by atoms with Crippen LogP contribution in [0.3, 0.4) is 0 Å². The van der Waals surface area contributed by atoms with E-state index in [2.05, 4.69) is 5.32 Å². The van der Waals surface area contributed by atoms with E-state index in [0.717, 1.165) is 18.6 Å². The highest BCUT2D eigenvalue weighted by atomic mass is 32.2. The minimum atomic E-state index is 0.0565. The van der Waals surface area contributed by atoms with E-state index in [1.807, 2.05) is 0 Å². The third-order valence-corrected chi connectivity index (χ3v) is 4.27. The molecule has 0 aromatic heterocycles. The van der Waals surface area contributed by atoms with E-state index in [1.54, 1.807) is 44.2 Å². The zero-order valence-corrected chi connectivity index (χ0v) is 11.4. The topological polar surface area (TPSA) is 47.6 Å². The highest BCUT2D eigenvalue weighted by Crippen LogP contribution is 2.31. The van der Waals surface area contributed by atoms with Crippen LogP contribution in [0.25, 0.3) is 0 Å². The summed E-state index contributed by atoms with van der Waals surface area (Å²) in [7, 11) is 3.18. The summed E-state index contributed by atoms with van der Waals surface area (Å²) < 4.78 is 10.4. The van der Waals surface area contributed by atoms with Gasteiger partial charge in [-0.05, 0) is 30.7 Å². The standard InChI is InChI=1S/C13H17NO3S/c1-16-9-5-6-10(11(8-9)17-2)14-13(15)12-4-3-7-18-12/h5-6,8,12H,3-4,7H2,1-2H3,(H,14,15). The molecule has 1 aromatic carbocycles. The lowest BCUT2D eigenvalue weighted by molar-refractivity contribution is -0.115. The van der Waals surface area contributed by atoms with Crippen LogP contribution in [0.1, 0.15) is 12.8 Å². The van der Waals surface area contributed by atoms with Crippen molar-refractivity contribution >= 4 is 23.4 Å². The number of nitrogens with one attached hydrogen (secondary N) is 1. The summed E-state index contributed by atoms with van der Waals surface area (Å²) in [4.78, 5) is 12.0. The van der Waals surface area contributed by atoms with Gasteiger partial charge >= 0.3 is 0 Å². The van der Waals surface area contributed by atoms with Crippen LogP contribution in [0.4, 0.5) is 5.69 Å². The van der Waals surface area contributed by atoms with Crippen molar-refractivity contribution in [3.05, 3.63) is 18.2 Å². The predicted octanol–water partition coefficient (Wildman–Crippen LogP) is 2.54. The molecule has 98 valence electrons. The number of hydrogen-bond acceptors (Lipinski definition) is 4. The first-order valence-electron chi connectivity index (χ1n) is 5.89. The second-order valence-electron chi connectivity index (χ2n) is 4.06. The van der Waals surface area contributed by atoms with Gasteiger partial charge < -0.3 is 14.8 Å². The molecule has 1 unspecified atom stereocenters. The van der Waals surface area contributed by atoms with Crippen LogP contribution in [-0.4, -0.2) is 31.1 Å². The number of carbonyl (C=O) groups is 1. The molecule has 1 saturated heterocycles. The summed E-state index contributed by atoms with van der Waals surface area (Å²) in [6, 6.07) is 5.37. The van der Waals surface area contributed by atoms with Crippen molar-refractivity contribution in [1.29, 1.82) is 0 Å². The smallest absolute Gasteiger partial charge is 0.237 e. The SMILES string of the molecule is COc1ccc(NC(=O)C2CCCS2)c(OC)c1. The van der Waals surface area contributed by atoms with Crippen molar-refractivity contribution in [3.8, 4) is 11.5 Å². The molecule has 5 heteroatoms. The quantitative estimate of drug-likeness (QED) is 0.910. The fraction of sp³-hybridized carbons (Fsp3) is 0.462. The number of benzene rings is 1. The zero-order chi connectivity index (χ0) is 13.0. The molecule has 1 heterocycles. The zero-order valence-electron chi connectivity index (χ0n) is 10.6. The van der Waals surface area contributed by atoms with Crippen molar-refractivity contribution in [2.24, 2.45) is 0 Å². The molecule has 1 amide bonds. The Balaban J connectivity index is 2.10. The van der Waals surface area contributed by atoms with Gasteiger partial charge in [-0.3, -0.25) is 4.79 Å². The molecule has 4 nitrogen and oxygen atoms in total. The van der Waals surface area contributed by atoms with Gasteiger partial charge in [-0.15, -0.1) is 11.8 Å². The Bertz CT molecular complexity index is 430. The van der Waals surface area contributed by atoms with Gasteiger partial charge in [-0.1, -0.05) is 0 Å². The molecule has 1 aliphatic heterocycles. The number of amides is 1. The maximum atomic E-state index is 12.0. The van der Waals surface area contributed by atoms with Gasteiger partial charge in [-0.2, -0.15) is 0 Å². The molecule has 0 radical (unpaired) electrons. The van der Waals surface area contributed by atoms with E-state index in [0.29, 0.717) is 17.2 Å². The molecule has 0 bridgehead atoms. The van der Waals surface area contributed by atoms with Gasteiger partial charge in [0.1, 0.15) is 11.5 Å². The second kappa shape index (κ2) is 6.00. The summed E-state index contributed by atoms with van der Waals surface area (Å²) in [6.07, 6.45) is 2.07. The van der Waals surface area contributed by atoms with Gasteiger partial charge in [0.25, 0.3) is 0 Å². The Morgan fingerprint density at radius 3 is 2.83 bits per heavy atom. The molecule has 1 atom stereocenters. The Morgan fingerprint density at radius 1 is 1.39 bits per heavy atom. The van der Waals surface area contributed by atoms with Crippen molar-refractivity contribution < 1.29 is 14.3 Å². The molecule has 1 aliphatic rings. The maximum absolute atomic E-state index is 12.0. The van der Waals surface area contributed by atoms with Crippen molar-refractivity contribution in [3.63, 3.8) is 0 Å². The number of thioether (sulfide) groups is 1. The van der Waals surface area contributed by atoms with Gasteiger partial charge in [-0.25, -0.2) is 0 Å². The Morgan fingerprint density at radius 2 is 2.22 bits per heavy atom. The second-order valence-corrected chi connectivity index (χ2v) is 5.37. The maximum Gasteiger partial charge on any atom is 0.237 e. The van der Waals surface area contributed by atoms with Crippen LogP contribution in [0.2, 0.25) is 0 Å². The largest absolute Gasteiger partial charge is 0.497 e. The van der Waals surface area contributed by atoms with Crippen LogP contribution in [0.5, 0.6) is 11.5 Å². The van der Waals surface area contributed by atoms with E-state index in [1.165, 1.54) is 0 Å². The van der Waals surface area contributed by atoms with Crippen molar-refractivity contribution in [1.82, 2.24) is 0 Å². The summed E-state index contributed by atoms with van der Waals surface area (Å²) >= 11 is 1.71. The van der Waals surface area contributed by atoms with Crippen LogP contribution < -0.4 is 14.8 Å². The van der Waals surface area contributed by atoms with Crippen LogP contribution in [-0.2, 0) is 4.79 Å². The van der Waals surface area contributed by atoms with Crippen molar-refractivity contribution in [2.75, 3.05) is 25.3 Å². The third-order valence-electron chi connectivity index (χ3n) is 2.89. The van der Waals surface area contributed by atoms with Gasteiger partial charge in [0.2, 0.25) is 5.91 Å². The summed E-state index contributed by atoms with van der Waals surface area (Å²) in [5.74, 6) is 2.45. The minimum Gasteiger partial charge on any atom is -0.497 e. The normalized spacial score (nSPS) is 18.4. The number of methoxy groups -OCH3 is 2. The number of anilines is 1. The predicted molar refractivity (Wildman–Crippen MR) is 73.7 cm³/mol.